The van der Waals surface area contributed by atoms with Crippen LogP contribution in [0.2, 0.25) is 5.02 Å². The Labute approximate surface area is 127 Å². The van der Waals surface area contributed by atoms with E-state index in [0.29, 0.717) is 22.6 Å². The number of methoxy groups -OCH3 is 2. The quantitative estimate of drug-likeness (QED) is 0.785. The van der Waals surface area contributed by atoms with Gasteiger partial charge in [0.1, 0.15) is 17.3 Å². The largest absolute Gasteiger partial charge is 0.497 e. The van der Waals surface area contributed by atoms with Crippen LogP contribution in [-0.2, 0) is 6.42 Å². The fourth-order valence-corrected chi connectivity index (χ4v) is 2.18. The lowest BCUT2D eigenvalue weighted by Crippen LogP contribution is -2.07. The van der Waals surface area contributed by atoms with E-state index < -0.39 is 5.82 Å². The second-order valence-corrected chi connectivity index (χ2v) is 4.76. The van der Waals surface area contributed by atoms with E-state index in [1.54, 1.807) is 24.3 Å². The van der Waals surface area contributed by atoms with Crippen LogP contribution in [0, 0.1) is 5.82 Å². The average Bonchev–Trinajstić information content (AvgIpc) is 2.51. The fraction of sp³-hybridized carbons (Fsp3) is 0.188. The van der Waals surface area contributed by atoms with Gasteiger partial charge in [-0.05, 0) is 29.8 Å². The molecule has 0 radical (unpaired) electrons. The van der Waals surface area contributed by atoms with Crippen molar-refractivity contribution in [1.29, 1.82) is 0 Å². The SMILES string of the molecule is COc1ccc(OC)c(C(=O)Cc2cccc(F)c2Cl)c1. The van der Waals surface area contributed by atoms with Gasteiger partial charge in [0.15, 0.2) is 5.78 Å². The first kappa shape index (κ1) is 15.3. The standard InChI is InChI=1S/C16H14ClFO3/c1-20-11-6-7-15(21-2)12(9-11)14(19)8-10-4-3-5-13(18)16(10)17/h3-7,9H,8H2,1-2H3. The van der Waals surface area contributed by atoms with Gasteiger partial charge in [0.2, 0.25) is 0 Å². The van der Waals surface area contributed by atoms with Gasteiger partial charge in [0, 0.05) is 6.42 Å². The number of carbonyl (C=O) groups is 1. The predicted octanol–water partition coefficient (Wildman–Crippen LogP) is 3.92. The third kappa shape index (κ3) is 3.34. The molecule has 0 saturated carbocycles. The Morgan fingerprint density at radius 2 is 1.95 bits per heavy atom. The highest BCUT2D eigenvalue weighted by atomic mass is 35.5. The van der Waals surface area contributed by atoms with Gasteiger partial charge >= 0.3 is 0 Å². The number of benzene rings is 2. The molecule has 0 amide bonds. The number of hydrogen-bond donors (Lipinski definition) is 0. The minimum atomic E-state index is -0.542. The van der Waals surface area contributed by atoms with Crippen molar-refractivity contribution in [2.24, 2.45) is 0 Å². The monoisotopic (exact) mass is 308 g/mol. The molecule has 0 N–H and O–H groups in total. The summed E-state index contributed by atoms with van der Waals surface area (Å²) in [6.07, 6.45) is -0.0138. The topological polar surface area (TPSA) is 35.5 Å². The summed E-state index contributed by atoms with van der Waals surface area (Å²) in [6, 6.07) is 9.34. The lowest BCUT2D eigenvalue weighted by atomic mass is 10.0. The molecule has 110 valence electrons. The molecule has 2 aromatic carbocycles. The summed E-state index contributed by atoms with van der Waals surface area (Å²) < 4.78 is 23.7. The molecule has 0 aliphatic heterocycles. The Morgan fingerprint density at radius 3 is 2.62 bits per heavy atom. The third-order valence-corrected chi connectivity index (χ3v) is 3.51. The third-order valence-electron chi connectivity index (χ3n) is 3.09. The summed E-state index contributed by atoms with van der Waals surface area (Å²) in [6.45, 7) is 0. The van der Waals surface area contributed by atoms with Crippen molar-refractivity contribution in [3.63, 3.8) is 0 Å². The molecule has 3 nitrogen and oxygen atoms in total. The minimum absolute atomic E-state index is 0.0138. The highest BCUT2D eigenvalue weighted by Crippen LogP contribution is 2.27. The van der Waals surface area contributed by atoms with Gasteiger partial charge < -0.3 is 9.47 Å². The molecular formula is C16H14ClFO3. The first-order valence-corrected chi connectivity index (χ1v) is 6.62. The van der Waals surface area contributed by atoms with E-state index in [-0.39, 0.29) is 17.2 Å². The van der Waals surface area contributed by atoms with Gasteiger partial charge in [-0.25, -0.2) is 4.39 Å². The Kier molecular flexibility index (Phi) is 4.81. The van der Waals surface area contributed by atoms with Crippen LogP contribution in [-0.4, -0.2) is 20.0 Å². The van der Waals surface area contributed by atoms with Gasteiger partial charge in [-0.2, -0.15) is 0 Å². The number of halogens is 2. The highest BCUT2D eigenvalue weighted by Gasteiger charge is 2.16. The van der Waals surface area contributed by atoms with Crippen molar-refractivity contribution >= 4 is 17.4 Å². The summed E-state index contributed by atoms with van der Waals surface area (Å²) in [4.78, 5) is 12.4. The summed E-state index contributed by atoms with van der Waals surface area (Å²) >= 11 is 5.87. The Morgan fingerprint density at radius 1 is 1.19 bits per heavy atom. The summed E-state index contributed by atoms with van der Waals surface area (Å²) in [5.41, 5.74) is 0.809. The number of rotatable bonds is 5. The van der Waals surface area contributed by atoms with Crippen molar-refractivity contribution in [3.05, 3.63) is 58.4 Å². The van der Waals surface area contributed by atoms with Gasteiger partial charge in [-0.15, -0.1) is 0 Å². The van der Waals surface area contributed by atoms with Crippen LogP contribution in [0.3, 0.4) is 0 Å². The number of ether oxygens (including phenoxy) is 2. The Balaban J connectivity index is 2.34. The molecule has 0 spiro atoms. The zero-order chi connectivity index (χ0) is 15.4. The predicted molar refractivity (Wildman–Crippen MR) is 79.0 cm³/mol. The van der Waals surface area contributed by atoms with E-state index in [9.17, 15) is 9.18 Å². The minimum Gasteiger partial charge on any atom is -0.497 e. The van der Waals surface area contributed by atoms with Gasteiger partial charge in [0.05, 0.1) is 24.8 Å². The number of Topliss-reactive ketones (excluding diaryl/α,β-unsaturated/α-hetero) is 1. The van der Waals surface area contributed by atoms with Gasteiger partial charge in [0.25, 0.3) is 0 Å². The van der Waals surface area contributed by atoms with Crippen LogP contribution in [0.1, 0.15) is 15.9 Å². The molecule has 0 unspecified atom stereocenters. The normalized spacial score (nSPS) is 10.3. The molecule has 0 atom stereocenters. The van der Waals surface area contributed by atoms with E-state index >= 15 is 0 Å². The van der Waals surface area contributed by atoms with Crippen molar-refractivity contribution in [2.75, 3.05) is 14.2 Å². The van der Waals surface area contributed by atoms with Gasteiger partial charge in [-0.3, -0.25) is 4.79 Å². The number of carbonyl (C=O) groups excluding carboxylic acids is 1. The maximum absolute atomic E-state index is 13.4. The molecule has 21 heavy (non-hydrogen) atoms. The van der Waals surface area contributed by atoms with Crippen molar-refractivity contribution < 1.29 is 18.7 Å². The first-order chi connectivity index (χ1) is 10.1. The molecular weight excluding hydrogens is 295 g/mol. The maximum Gasteiger partial charge on any atom is 0.171 e. The summed E-state index contributed by atoms with van der Waals surface area (Å²) in [7, 11) is 2.99. The van der Waals surface area contributed by atoms with E-state index in [0.717, 1.165) is 0 Å². The van der Waals surface area contributed by atoms with Crippen LogP contribution in [0.5, 0.6) is 11.5 Å². The summed E-state index contributed by atoms with van der Waals surface area (Å²) in [5.74, 6) is 0.218. The van der Waals surface area contributed by atoms with E-state index in [4.69, 9.17) is 21.1 Å². The smallest absolute Gasteiger partial charge is 0.171 e. The van der Waals surface area contributed by atoms with E-state index in [1.807, 2.05) is 0 Å². The van der Waals surface area contributed by atoms with Crippen LogP contribution in [0.15, 0.2) is 36.4 Å². The fourth-order valence-electron chi connectivity index (χ4n) is 1.99. The lowest BCUT2D eigenvalue weighted by molar-refractivity contribution is 0.0989. The number of ketones is 1. The first-order valence-electron chi connectivity index (χ1n) is 6.25. The second-order valence-electron chi connectivity index (χ2n) is 4.38. The van der Waals surface area contributed by atoms with Crippen LogP contribution < -0.4 is 9.47 Å². The molecule has 0 aliphatic rings. The molecule has 5 heteroatoms. The molecule has 0 fully saturated rings. The molecule has 0 aromatic heterocycles. The average molecular weight is 309 g/mol. The van der Waals surface area contributed by atoms with Crippen LogP contribution in [0.25, 0.3) is 0 Å². The van der Waals surface area contributed by atoms with E-state index in [1.165, 1.54) is 26.4 Å². The zero-order valence-corrected chi connectivity index (χ0v) is 12.4. The van der Waals surface area contributed by atoms with Crippen LogP contribution >= 0.6 is 11.6 Å². The highest BCUT2D eigenvalue weighted by molar-refractivity contribution is 6.31. The van der Waals surface area contributed by atoms with Crippen LogP contribution in [0.4, 0.5) is 4.39 Å². The molecule has 0 aliphatic carbocycles. The Hall–Kier alpha value is -2.07. The second kappa shape index (κ2) is 6.59. The van der Waals surface area contributed by atoms with Crippen molar-refractivity contribution in [3.8, 4) is 11.5 Å². The van der Waals surface area contributed by atoms with Gasteiger partial charge in [-0.1, -0.05) is 23.7 Å². The molecule has 2 rings (SSSR count). The molecule has 0 bridgehead atoms. The zero-order valence-electron chi connectivity index (χ0n) is 11.7. The lowest BCUT2D eigenvalue weighted by Gasteiger charge is -2.10. The molecule has 0 heterocycles. The van der Waals surface area contributed by atoms with E-state index in [2.05, 4.69) is 0 Å². The van der Waals surface area contributed by atoms with Crippen molar-refractivity contribution in [2.45, 2.75) is 6.42 Å². The Bertz CT molecular complexity index is 671. The van der Waals surface area contributed by atoms with Crippen molar-refractivity contribution in [1.82, 2.24) is 0 Å². The number of hydrogen-bond acceptors (Lipinski definition) is 3. The maximum atomic E-state index is 13.4. The molecule has 0 saturated heterocycles. The molecule has 2 aromatic rings. The summed E-state index contributed by atoms with van der Waals surface area (Å²) in [5, 5.41) is -0.0345.